The third-order valence-corrected chi connectivity index (χ3v) is 4.92. The lowest BCUT2D eigenvalue weighted by Gasteiger charge is -2.23. The van der Waals surface area contributed by atoms with Gasteiger partial charge in [-0.2, -0.15) is 5.26 Å². The third-order valence-electron chi connectivity index (χ3n) is 3.19. The van der Waals surface area contributed by atoms with E-state index in [1.54, 1.807) is 23.1 Å². The average Bonchev–Trinajstić information content (AvgIpc) is 2.97. The van der Waals surface area contributed by atoms with Crippen molar-refractivity contribution in [1.82, 2.24) is 0 Å². The molecule has 1 unspecified atom stereocenters. The molecule has 0 aliphatic heterocycles. The maximum absolute atomic E-state index is 9.41. The number of rotatable bonds is 5. The molecule has 0 spiro atoms. The Kier molecular flexibility index (Phi) is 5.11. The number of nitrogens with one attached hydrogen (secondary N) is 1. The molecule has 0 saturated heterocycles. The van der Waals surface area contributed by atoms with Crippen molar-refractivity contribution in [1.29, 1.82) is 5.26 Å². The van der Waals surface area contributed by atoms with E-state index in [0.29, 0.717) is 5.92 Å². The molecular formula is C16H18N2S2. The van der Waals surface area contributed by atoms with Gasteiger partial charge >= 0.3 is 0 Å². The van der Waals surface area contributed by atoms with Crippen LogP contribution >= 0.6 is 23.1 Å². The molecule has 2 aromatic rings. The van der Waals surface area contributed by atoms with Gasteiger partial charge in [0.1, 0.15) is 6.07 Å². The van der Waals surface area contributed by atoms with Crippen LogP contribution in [0.3, 0.4) is 0 Å². The lowest BCUT2D eigenvalue weighted by atomic mass is 10.0. The fourth-order valence-corrected chi connectivity index (χ4v) is 3.66. The summed E-state index contributed by atoms with van der Waals surface area (Å²) in [5, 5.41) is 15.1. The summed E-state index contributed by atoms with van der Waals surface area (Å²) in [5.74, 6) is 0.457. The first-order chi connectivity index (χ1) is 9.67. The molecule has 20 heavy (non-hydrogen) atoms. The van der Waals surface area contributed by atoms with Gasteiger partial charge in [-0.05, 0) is 35.8 Å². The number of thiophene rings is 1. The molecular weight excluding hydrogens is 284 g/mol. The molecule has 0 bridgehead atoms. The Bertz CT molecular complexity index is 597. The predicted molar refractivity (Wildman–Crippen MR) is 88.5 cm³/mol. The van der Waals surface area contributed by atoms with E-state index in [0.717, 1.165) is 16.1 Å². The molecule has 1 aromatic carbocycles. The molecule has 0 radical (unpaired) electrons. The Morgan fingerprint density at radius 1 is 1.25 bits per heavy atom. The van der Waals surface area contributed by atoms with Crippen molar-refractivity contribution in [3.05, 3.63) is 46.2 Å². The molecule has 1 aromatic heterocycles. The van der Waals surface area contributed by atoms with E-state index >= 15 is 0 Å². The van der Waals surface area contributed by atoms with Crippen molar-refractivity contribution < 1.29 is 0 Å². The van der Waals surface area contributed by atoms with Crippen LogP contribution in [0.25, 0.3) is 0 Å². The van der Waals surface area contributed by atoms with Crippen LogP contribution in [-0.2, 0) is 0 Å². The van der Waals surface area contributed by atoms with Crippen molar-refractivity contribution in [2.24, 2.45) is 5.92 Å². The van der Waals surface area contributed by atoms with E-state index in [2.05, 4.69) is 42.7 Å². The second-order valence-corrected chi connectivity index (χ2v) is 6.70. The Balaban J connectivity index is 2.35. The summed E-state index contributed by atoms with van der Waals surface area (Å²) in [6.45, 7) is 4.39. The first-order valence-electron chi connectivity index (χ1n) is 6.54. The lowest BCUT2D eigenvalue weighted by molar-refractivity contribution is 0.553. The smallest absolute Gasteiger partial charge is 0.102 e. The van der Waals surface area contributed by atoms with Gasteiger partial charge in [0.05, 0.1) is 17.3 Å². The number of benzene rings is 1. The van der Waals surface area contributed by atoms with Crippen LogP contribution < -0.4 is 5.32 Å². The third kappa shape index (κ3) is 3.17. The Morgan fingerprint density at radius 3 is 2.60 bits per heavy atom. The highest BCUT2D eigenvalue weighted by Crippen LogP contribution is 2.33. The number of nitrogens with zero attached hydrogens (tertiary/aromatic N) is 1. The first-order valence-corrected chi connectivity index (χ1v) is 8.64. The highest BCUT2D eigenvalue weighted by molar-refractivity contribution is 7.98. The van der Waals surface area contributed by atoms with Gasteiger partial charge in [0, 0.05) is 9.77 Å². The van der Waals surface area contributed by atoms with E-state index < -0.39 is 0 Å². The minimum absolute atomic E-state index is 0.235. The minimum Gasteiger partial charge on any atom is -0.376 e. The average molecular weight is 302 g/mol. The maximum atomic E-state index is 9.41. The van der Waals surface area contributed by atoms with Crippen LogP contribution in [0.15, 0.2) is 40.6 Å². The van der Waals surface area contributed by atoms with Gasteiger partial charge in [-0.25, -0.2) is 0 Å². The zero-order valence-electron chi connectivity index (χ0n) is 11.9. The normalized spacial score (nSPS) is 12.2. The van der Waals surface area contributed by atoms with Crippen molar-refractivity contribution >= 4 is 28.8 Å². The molecule has 104 valence electrons. The molecule has 1 N–H and O–H groups in total. The second-order valence-electron chi connectivity index (χ2n) is 4.88. The van der Waals surface area contributed by atoms with Gasteiger partial charge in [0.25, 0.3) is 0 Å². The van der Waals surface area contributed by atoms with E-state index in [1.165, 1.54) is 4.88 Å². The molecule has 1 atom stereocenters. The molecule has 0 aliphatic carbocycles. The summed E-state index contributed by atoms with van der Waals surface area (Å²) >= 11 is 3.36. The summed E-state index contributed by atoms with van der Waals surface area (Å²) in [6.07, 6.45) is 2.00. The van der Waals surface area contributed by atoms with Crippen LogP contribution in [-0.4, -0.2) is 6.26 Å². The highest BCUT2D eigenvalue weighted by atomic mass is 32.2. The first kappa shape index (κ1) is 15.0. The van der Waals surface area contributed by atoms with Crippen LogP contribution in [0.4, 0.5) is 5.69 Å². The zero-order chi connectivity index (χ0) is 14.5. The summed E-state index contributed by atoms with van der Waals surface area (Å²) < 4.78 is 0. The fraction of sp³-hybridized carbons (Fsp3) is 0.312. The Labute approximate surface area is 128 Å². The molecule has 2 rings (SSSR count). The Hall–Kier alpha value is -1.44. The summed E-state index contributed by atoms with van der Waals surface area (Å²) in [6, 6.07) is 12.8. The van der Waals surface area contributed by atoms with Gasteiger partial charge in [0.2, 0.25) is 0 Å². The summed E-state index contributed by atoms with van der Waals surface area (Å²) in [5.41, 5.74) is 1.66. The van der Waals surface area contributed by atoms with E-state index in [-0.39, 0.29) is 6.04 Å². The van der Waals surface area contributed by atoms with Crippen LogP contribution in [0.1, 0.15) is 30.3 Å². The van der Waals surface area contributed by atoms with E-state index in [9.17, 15) is 5.26 Å². The van der Waals surface area contributed by atoms with Crippen LogP contribution in [0, 0.1) is 17.2 Å². The standard InChI is InChI=1S/C16H18N2S2/c1-11(2)16(15-8-5-9-20-15)18-13-6-4-7-14(19-3)12(13)10-17/h4-9,11,16,18H,1-3H3. The van der Waals surface area contributed by atoms with Crippen LogP contribution in [0.5, 0.6) is 0 Å². The largest absolute Gasteiger partial charge is 0.376 e. The summed E-state index contributed by atoms with van der Waals surface area (Å²) in [4.78, 5) is 2.32. The van der Waals surface area contributed by atoms with E-state index in [4.69, 9.17) is 0 Å². The van der Waals surface area contributed by atoms with Gasteiger partial charge in [0.15, 0.2) is 0 Å². The zero-order valence-corrected chi connectivity index (χ0v) is 13.5. The predicted octanol–water partition coefficient (Wildman–Crippen LogP) is 5.15. The SMILES string of the molecule is CSc1cccc(NC(c2cccs2)C(C)C)c1C#N. The number of thioether (sulfide) groups is 1. The van der Waals surface area contributed by atoms with Crippen molar-refractivity contribution in [2.45, 2.75) is 24.8 Å². The van der Waals surface area contributed by atoms with E-state index in [1.807, 2.05) is 24.5 Å². The molecule has 1 heterocycles. The Morgan fingerprint density at radius 2 is 2.05 bits per heavy atom. The van der Waals surface area contributed by atoms with Gasteiger partial charge in [-0.1, -0.05) is 26.0 Å². The number of hydrogen-bond donors (Lipinski definition) is 1. The number of hydrogen-bond acceptors (Lipinski definition) is 4. The second kappa shape index (κ2) is 6.83. The quantitative estimate of drug-likeness (QED) is 0.776. The van der Waals surface area contributed by atoms with Gasteiger partial charge < -0.3 is 5.32 Å². The van der Waals surface area contributed by atoms with Crippen molar-refractivity contribution in [2.75, 3.05) is 11.6 Å². The van der Waals surface area contributed by atoms with Gasteiger partial charge in [-0.3, -0.25) is 0 Å². The molecule has 0 fully saturated rings. The topological polar surface area (TPSA) is 35.8 Å². The maximum Gasteiger partial charge on any atom is 0.102 e. The summed E-state index contributed by atoms with van der Waals surface area (Å²) in [7, 11) is 0. The molecule has 0 amide bonds. The molecule has 2 nitrogen and oxygen atoms in total. The molecule has 0 saturated carbocycles. The number of anilines is 1. The van der Waals surface area contributed by atoms with Gasteiger partial charge in [-0.15, -0.1) is 23.1 Å². The monoisotopic (exact) mass is 302 g/mol. The number of nitriles is 1. The molecule has 4 heteroatoms. The minimum atomic E-state index is 0.235. The lowest BCUT2D eigenvalue weighted by Crippen LogP contribution is -2.16. The molecule has 0 aliphatic rings. The van der Waals surface area contributed by atoms with Crippen molar-refractivity contribution in [3.8, 4) is 6.07 Å². The highest BCUT2D eigenvalue weighted by Gasteiger charge is 2.18. The van der Waals surface area contributed by atoms with Crippen LogP contribution in [0.2, 0.25) is 0 Å². The van der Waals surface area contributed by atoms with Crippen molar-refractivity contribution in [3.63, 3.8) is 0 Å². The fourth-order valence-electron chi connectivity index (χ4n) is 2.14.